The number of piperazine rings is 1. The van der Waals surface area contributed by atoms with E-state index in [9.17, 15) is 9.59 Å². The zero-order chi connectivity index (χ0) is 13.9. The summed E-state index contributed by atoms with van der Waals surface area (Å²) in [6.45, 7) is 4.44. The van der Waals surface area contributed by atoms with Gasteiger partial charge in [0.2, 0.25) is 5.91 Å². The third-order valence-corrected chi connectivity index (χ3v) is 3.70. The molecule has 2 aliphatic heterocycles. The molecule has 2 saturated heterocycles. The molecule has 0 aliphatic carbocycles. The Morgan fingerprint density at radius 1 is 0.905 bits per heavy atom. The van der Waals surface area contributed by atoms with Crippen LogP contribution in [0, 0.1) is 0 Å². The van der Waals surface area contributed by atoms with Crippen molar-refractivity contribution in [2.75, 3.05) is 42.5 Å². The number of imide groups is 1. The van der Waals surface area contributed by atoms with Gasteiger partial charge < -0.3 is 10.2 Å². The Kier molecular flexibility index (Phi) is 5.03. The Balaban J connectivity index is 0.00000161. The number of hydrogen-bond donors (Lipinski definition) is 2. The van der Waals surface area contributed by atoms with Crippen molar-refractivity contribution in [1.29, 1.82) is 0 Å². The van der Waals surface area contributed by atoms with Crippen LogP contribution >= 0.6 is 12.4 Å². The number of rotatable bonds is 2. The second-order valence-electron chi connectivity index (χ2n) is 5.01. The van der Waals surface area contributed by atoms with Gasteiger partial charge in [0.15, 0.2) is 0 Å². The topological polar surface area (TPSA) is 64.7 Å². The van der Waals surface area contributed by atoms with Gasteiger partial charge in [-0.05, 0) is 24.3 Å². The van der Waals surface area contributed by atoms with Crippen LogP contribution in [0.1, 0.15) is 6.42 Å². The van der Waals surface area contributed by atoms with Crippen LogP contribution in [0.4, 0.5) is 16.2 Å². The van der Waals surface area contributed by atoms with Crippen LogP contribution in [0.2, 0.25) is 0 Å². The molecule has 114 valence electrons. The van der Waals surface area contributed by atoms with Gasteiger partial charge >= 0.3 is 6.03 Å². The van der Waals surface area contributed by atoms with E-state index in [1.807, 2.05) is 24.3 Å². The lowest BCUT2D eigenvalue weighted by Crippen LogP contribution is -2.49. The van der Waals surface area contributed by atoms with Crippen LogP contribution in [-0.2, 0) is 4.79 Å². The van der Waals surface area contributed by atoms with Crippen molar-refractivity contribution in [2.45, 2.75) is 6.42 Å². The Morgan fingerprint density at radius 3 is 2.14 bits per heavy atom. The Bertz CT molecular complexity index is 514. The van der Waals surface area contributed by atoms with E-state index in [0.29, 0.717) is 13.0 Å². The average Bonchev–Trinajstić information content (AvgIpc) is 2.48. The van der Waals surface area contributed by atoms with Gasteiger partial charge in [-0.3, -0.25) is 15.0 Å². The molecule has 7 heteroatoms. The summed E-state index contributed by atoms with van der Waals surface area (Å²) in [5.41, 5.74) is 2.00. The van der Waals surface area contributed by atoms with Crippen molar-refractivity contribution in [1.82, 2.24) is 10.6 Å². The number of nitrogens with zero attached hydrogens (tertiary/aromatic N) is 2. The predicted molar refractivity (Wildman–Crippen MR) is 84.3 cm³/mol. The van der Waals surface area contributed by atoms with E-state index in [1.165, 1.54) is 5.69 Å². The maximum Gasteiger partial charge on any atom is 0.328 e. The van der Waals surface area contributed by atoms with Crippen LogP contribution in [-0.4, -0.2) is 44.7 Å². The molecule has 0 bridgehead atoms. The van der Waals surface area contributed by atoms with E-state index in [-0.39, 0.29) is 24.3 Å². The van der Waals surface area contributed by atoms with Gasteiger partial charge in [0.05, 0.1) is 0 Å². The third-order valence-electron chi connectivity index (χ3n) is 3.70. The summed E-state index contributed by atoms with van der Waals surface area (Å²) in [5, 5.41) is 5.66. The standard InChI is InChI=1S/C14H18N4O2.ClH/c19-13-5-8-18(14(20)16-13)12-3-1-11(2-4-12)17-9-6-15-7-10-17;/h1-4,15H,5-10H2,(H,16,19,20);1H. The number of anilines is 2. The van der Waals surface area contributed by atoms with E-state index >= 15 is 0 Å². The van der Waals surface area contributed by atoms with Crippen molar-refractivity contribution >= 4 is 35.7 Å². The molecular formula is C14H19ClN4O2. The first-order valence-electron chi connectivity index (χ1n) is 6.91. The molecule has 0 aromatic heterocycles. The first-order chi connectivity index (χ1) is 9.74. The maximum absolute atomic E-state index is 11.8. The summed E-state index contributed by atoms with van der Waals surface area (Å²) in [7, 11) is 0. The molecule has 0 radical (unpaired) electrons. The highest BCUT2D eigenvalue weighted by Gasteiger charge is 2.24. The minimum Gasteiger partial charge on any atom is -0.369 e. The molecule has 0 spiro atoms. The van der Waals surface area contributed by atoms with Gasteiger partial charge in [0.25, 0.3) is 0 Å². The van der Waals surface area contributed by atoms with Crippen molar-refractivity contribution < 1.29 is 9.59 Å². The van der Waals surface area contributed by atoms with Crippen LogP contribution in [0.15, 0.2) is 24.3 Å². The van der Waals surface area contributed by atoms with Crippen molar-refractivity contribution in [3.05, 3.63) is 24.3 Å². The smallest absolute Gasteiger partial charge is 0.328 e. The maximum atomic E-state index is 11.8. The number of carbonyl (C=O) groups is 2. The zero-order valence-electron chi connectivity index (χ0n) is 11.7. The van der Waals surface area contributed by atoms with Gasteiger partial charge in [-0.1, -0.05) is 0 Å². The van der Waals surface area contributed by atoms with Crippen molar-refractivity contribution in [3.63, 3.8) is 0 Å². The first kappa shape index (κ1) is 15.6. The number of benzene rings is 1. The first-order valence-corrected chi connectivity index (χ1v) is 6.91. The van der Waals surface area contributed by atoms with E-state index in [2.05, 4.69) is 15.5 Å². The summed E-state index contributed by atoms with van der Waals surface area (Å²) in [6, 6.07) is 7.60. The fourth-order valence-electron chi connectivity index (χ4n) is 2.58. The van der Waals surface area contributed by atoms with Crippen LogP contribution < -0.4 is 20.4 Å². The van der Waals surface area contributed by atoms with Crippen LogP contribution in [0.3, 0.4) is 0 Å². The number of carbonyl (C=O) groups excluding carboxylic acids is 2. The highest BCUT2D eigenvalue weighted by atomic mass is 35.5. The molecule has 2 fully saturated rings. The Labute approximate surface area is 129 Å². The minimum atomic E-state index is -0.337. The van der Waals surface area contributed by atoms with Crippen molar-refractivity contribution in [3.8, 4) is 0 Å². The summed E-state index contributed by atoms with van der Waals surface area (Å²) in [5.74, 6) is -0.205. The fourth-order valence-corrected chi connectivity index (χ4v) is 2.58. The number of nitrogens with one attached hydrogen (secondary N) is 2. The van der Waals surface area contributed by atoms with E-state index in [4.69, 9.17) is 0 Å². The molecule has 3 rings (SSSR count). The van der Waals surface area contributed by atoms with E-state index in [0.717, 1.165) is 31.9 Å². The second-order valence-corrected chi connectivity index (χ2v) is 5.01. The quantitative estimate of drug-likeness (QED) is 0.854. The molecule has 2 N–H and O–H groups in total. The lowest BCUT2D eigenvalue weighted by atomic mass is 10.2. The number of hydrogen-bond acceptors (Lipinski definition) is 4. The number of urea groups is 1. The molecule has 3 amide bonds. The van der Waals surface area contributed by atoms with E-state index in [1.54, 1.807) is 4.90 Å². The molecule has 2 aliphatic rings. The molecule has 0 saturated carbocycles. The normalized spacial score (nSPS) is 19.0. The minimum absolute atomic E-state index is 0. The molecule has 2 heterocycles. The number of halogens is 1. The summed E-state index contributed by atoms with van der Waals surface area (Å²) < 4.78 is 0. The zero-order valence-corrected chi connectivity index (χ0v) is 12.5. The highest BCUT2D eigenvalue weighted by molar-refractivity contribution is 6.05. The molecule has 0 unspecified atom stereocenters. The second kappa shape index (κ2) is 6.78. The monoisotopic (exact) mass is 310 g/mol. The molecule has 6 nitrogen and oxygen atoms in total. The third kappa shape index (κ3) is 3.46. The fraction of sp³-hybridized carbons (Fsp3) is 0.429. The molecule has 1 aromatic carbocycles. The van der Waals surface area contributed by atoms with Gasteiger partial charge in [-0.25, -0.2) is 4.79 Å². The SMILES string of the molecule is Cl.O=C1CCN(c2ccc(N3CCNCC3)cc2)C(=O)N1. The molecule has 21 heavy (non-hydrogen) atoms. The van der Waals surface area contributed by atoms with Gasteiger partial charge in [-0.15, -0.1) is 12.4 Å². The van der Waals surface area contributed by atoms with Crippen LogP contribution in [0.25, 0.3) is 0 Å². The van der Waals surface area contributed by atoms with Gasteiger partial charge in [-0.2, -0.15) is 0 Å². The van der Waals surface area contributed by atoms with Gasteiger partial charge in [0, 0.05) is 50.5 Å². The Morgan fingerprint density at radius 2 is 1.52 bits per heavy atom. The largest absolute Gasteiger partial charge is 0.369 e. The summed E-state index contributed by atoms with van der Waals surface area (Å²) in [6.07, 6.45) is 0.352. The van der Waals surface area contributed by atoms with E-state index < -0.39 is 0 Å². The van der Waals surface area contributed by atoms with Gasteiger partial charge in [0.1, 0.15) is 0 Å². The molecular weight excluding hydrogens is 292 g/mol. The Hall–Kier alpha value is -1.79. The molecule has 1 aromatic rings. The highest BCUT2D eigenvalue weighted by Crippen LogP contribution is 2.22. The summed E-state index contributed by atoms with van der Waals surface area (Å²) in [4.78, 5) is 26.8. The lowest BCUT2D eigenvalue weighted by Gasteiger charge is -2.30. The molecule has 0 atom stereocenters. The van der Waals surface area contributed by atoms with Crippen molar-refractivity contribution in [2.24, 2.45) is 0 Å². The predicted octanol–water partition coefficient (Wildman–Crippen LogP) is 0.964. The summed E-state index contributed by atoms with van der Waals surface area (Å²) >= 11 is 0. The average molecular weight is 311 g/mol. The lowest BCUT2D eigenvalue weighted by molar-refractivity contribution is -0.120. The van der Waals surface area contributed by atoms with Crippen LogP contribution in [0.5, 0.6) is 0 Å². The number of amides is 3.